The highest BCUT2D eigenvalue weighted by Crippen LogP contribution is 2.06. The summed E-state index contributed by atoms with van der Waals surface area (Å²) in [5, 5.41) is 2.12. The topological polar surface area (TPSA) is 34.2 Å². The third-order valence-electron chi connectivity index (χ3n) is 1.85. The summed E-state index contributed by atoms with van der Waals surface area (Å²) >= 11 is 4.87. The Labute approximate surface area is 77.7 Å². The van der Waals surface area contributed by atoms with Crippen molar-refractivity contribution in [3.05, 3.63) is 23.5 Å². The third-order valence-corrected chi connectivity index (χ3v) is 2.12. The highest BCUT2D eigenvalue weighted by molar-refractivity contribution is 7.80. The van der Waals surface area contributed by atoms with Crippen molar-refractivity contribution in [2.45, 2.75) is 13.8 Å². The summed E-state index contributed by atoms with van der Waals surface area (Å²) < 4.78 is 1.97. The number of nitrogens with zero attached hydrogens (tertiary/aromatic N) is 2. The van der Waals surface area contributed by atoms with E-state index in [9.17, 15) is 0 Å². The summed E-state index contributed by atoms with van der Waals surface area (Å²) in [6, 6.07) is 4.06. The Morgan fingerprint density at radius 3 is 2.17 bits per heavy atom. The molecule has 0 amide bonds. The van der Waals surface area contributed by atoms with Gasteiger partial charge in [-0.3, -0.25) is 9.69 Å². The van der Waals surface area contributed by atoms with Crippen LogP contribution in [-0.4, -0.2) is 16.8 Å². The van der Waals surface area contributed by atoms with Crippen LogP contribution in [0, 0.1) is 13.8 Å². The van der Waals surface area contributed by atoms with Crippen molar-refractivity contribution >= 4 is 17.3 Å². The van der Waals surface area contributed by atoms with E-state index in [0.717, 1.165) is 11.4 Å². The van der Waals surface area contributed by atoms with Gasteiger partial charge in [0.15, 0.2) is 5.11 Å². The first kappa shape index (κ1) is 9.06. The minimum Gasteiger partial charge on any atom is -0.375 e. The lowest BCUT2D eigenvalue weighted by Gasteiger charge is -2.22. The molecule has 1 aromatic heterocycles. The van der Waals surface area contributed by atoms with Crippen LogP contribution in [-0.2, 0) is 0 Å². The molecule has 0 atom stereocenters. The molecule has 0 aliphatic carbocycles. The molecule has 0 saturated carbocycles. The first-order valence-electron chi connectivity index (χ1n) is 3.72. The van der Waals surface area contributed by atoms with Crippen LogP contribution >= 0.6 is 12.2 Å². The zero-order chi connectivity index (χ0) is 9.30. The van der Waals surface area contributed by atoms with Crippen LogP contribution in [0.3, 0.4) is 0 Å². The minimum absolute atomic E-state index is 0.373. The Morgan fingerprint density at radius 2 is 1.83 bits per heavy atom. The molecule has 0 aromatic carbocycles. The second kappa shape index (κ2) is 3.15. The Balaban J connectivity index is 3.08. The number of thiocarbonyl (C=S) groups is 1. The zero-order valence-corrected chi connectivity index (χ0v) is 8.35. The molecular formula is C8H13N3S. The van der Waals surface area contributed by atoms with Gasteiger partial charge in [0.1, 0.15) is 0 Å². The van der Waals surface area contributed by atoms with E-state index in [0.29, 0.717) is 5.11 Å². The van der Waals surface area contributed by atoms with Gasteiger partial charge in [0.2, 0.25) is 0 Å². The van der Waals surface area contributed by atoms with Gasteiger partial charge in [0, 0.05) is 18.4 Å². The predicted molar refractivity (Wildman–Crippen MR) is 54.8 cm³/mol. The molecule has 66 valence electrons. The van der Waals surface area contributed by atoms with E-state index in [1.54, 1.807) is 5.01 Å². The third kappa shape index (κ3) is 1.43. The van der Waals surface area contributed by atoms with Gasteiger partial charge in [-0.25, -0.2) is 0 Å². The van der Waals surface area contributed by atoms with Crippen LogP contribution in [0.4, 0.5) is 0 Å². The standard InChI is InChI=1S/C8H13N3S/c1-6-4-5-7(2)11(6)10(3)8(9)12/h4-5H,1-3H3,(H2,9,12). The molecule has 0 unspecified atom stereocenters. The van der Waals surface area contributed by atoms with Crippen molar-refractivity contribution < 1.29 is 0 Å². The first-order chi connectivity index (χ1) is 5.54. The lowest BCUT2D eigenvalue weighted by molar-refractivity contribution is 0.752. The van der Waals surface area contributed by atoms with E-state index >= 15 is 0 Å². The van der Waals surface area contributed by atoms with Crippen molar-refractivity contribution in [3.63, 3.8) is 0 Å². The average molecular weight is 183 g/mol. The Kier molecular flexibility index (Phi) is 2.38. The summed E-state index contributed by atoms with van der Waals surface area (Å²) in [6.45, 7) is 4.03. The molecule has 4 heteroatoms. The van der Waals surface area contributed by atoms with Crippen LogP contribution in [0.15, 0.2) is 12.1 Å². The molecule has 0 spiro atoms. The fourth-order valence-electron chi connectivity index (χ4n) is 1.23. The molecule has 0 radical (unpaired) electrons. The Morgan fingerprint density at radius 1 is 1.42 bits per heavy atom. The minimum atomic E-state index is 0.373. The normalized spacial score (nSPS) is 9.92. The lowest BCUT2D eigenvalue weighted by Crippen LogP contribution is -2.41. The highest BCUT2D eigenvalue weighted by Gasteiger charge is 2.06. The highest BCUT2D eigenvalue weighted by atomic mass is 32.1. The summed E-state index contributed by atoms with van der Waals surface area (Å²) in [7, 11) is 1.85. The van der Waals surface area contributed by atoms with Crippen LogP contribution in [0.5, 0.6) is 0 Å². The SMILES string of the molecule is Cc1ccc(C)n1N(C)C(N)=S. The molecule has 1 heterocycles. The molecule has 0 bridgehead atoms. The van der Waals surface area contributed by atoms with E-state index in [1.807, 2.05) is 37.7 Å². The monoisotopic (exact) mass is 183 g/mol. The number of aromatic nitrogens is 1. The van der Waals surface area contributed by atoms with Crippen molar-refractivity contribution in [2.24, 2.45) is 5.73 Å². The molecule has 3 nitrogen and oxygen atoms in total. The van der Waals surface area contributed by atoms with Gasteiger partial charge in [-0.15, -0.1) is 0 Å². The Hall–Kier alpha value is -1.03. The predicted octanol–water partition coefficient (Wildman–Crippen LogP) is 0.916. The fraction of sp³-hybridized carbons (Fsp3) is 0.375. The quantitative estimate of drug-likeness (QED) is 0.657. The second-order valence-corrected chi connectivity index (χ2v) is 3.21. The van der Waals surface area contributed by atoms with E-state index in [2.05, 4.69) is 0 Å². The molecule has 0 aliphatic heterocycles. The largest absolute Gasteiger partial charge is 0.375 e. The smallest absolute Gasteiger partial charge is 0.185 e. The molecule has 0 saturated heterocycles. The molecule has 0 fully saturated rings. The van der Waals surface area contributed by atoms with Crippen molar-refractivity contribution in [1.29, 1.82) is 0 Å². The summed E-state index contributed by atoms with van der Waals surface area (Å²) in [4.78, 5) is 0. The van der Waals surface area contributed by atoms with Gasteiger partial charge in [0.25, 0.3) is 0 Å². The molecule has 1 rings (SSSR count). The van der Waals surface area contributed by atoms with Crippen LogP contribution < -0.4 is 10.7 Å². The van der Waals surface area contributed by atoms with E-state index in [4.69, 9.17) is 18.0 Å². The summed E-state index contributed by atoms with van der Waals surface area (Å²) in [6.07, 6.45) is 0. The number of hydrogen-bond acceptors (Lipinski definition) is 1. The number of rotatable bonds is 1. The van der Waals surface area contributed by atoms with E-state index < -0.39 is 0 Å². The van der Waals surface area contributed by atoms with Gasteiger partial charge < -0.3 is 5.73 Å². The van der Waals surface area contributed by atoms with Gasteiger partial charge in [-0.1, -0.05) is 0 Å². The number of aryl methyl sites for hydroxylation is 2. The maximum Gasteiger partial charge on any atom is 0.185 e. The Bertz CT molecular complexity index is 284. The van der Waals surface area contributed by atoms with E-state index in [1.165, 1.54) is 0 Å². The van der Waals surface area contributed by atoms with Gasteiger partial charge in [-0.2, -0.15) is 0 Å². The maximum absolute atomic E-state index is 5.50. The van der Waals surface area contributed by atoms with Gasteiger partial charge in [0.05, 0.1) is 0 Å². The lowest BCUT2D eigenvalue weighted by atomic mass is 10.5. The van der Waals surface area contributed by atoms with Crippen molar-refractivity contribution in [2.75, 3.05) is 12.1 Å². The van der Waals surface area contributed by atoms with Crippen LogP contribution in [0.2, 0.25) is 0 Å². The van der Waals surface area contributed by atoms with Gasteiger partial charge in [-0.05, 0) is 38.2 Å². The molecule has 0 aliphatic rings. The second-order valence-electron chi connectivity index (χ2n) is 2.79. The van der Waals surface area contributed by atoms with E-state index in [-0.39, 0.29) is 0 Å². The fourth-order valence-corrected chi connectivity index (χ4v) is 1.31. The maximum atomic E-state index is 5.50. The molecule has 2 N–H and O–H groups in total. The van der Waals surface area contributed by atoms with Crippen LogP contribution in [0.1, 0.15) is 11.4 Å². The molecule has 12 heavy (non-hydrogen) atoms. The van der Waals surface area contributed by atoms with Crippen molar-refractivity contribution in [3.8, 4) is 0 Å². The number of nitrogens with two attached hydrogens (primary N) is 1. The molecule has 1 aromatic rings. The van der Waals surface area contributed by atoms with Crippen molar-refractivity contribution in [1.82, 2.24) is 4.68 Å². The summed E-state index contributed by atoms with van der Waals surface area (Å²) in [5.41, 5.74) is 7.76. The average Bonchev–Trinajstić information content (AvgIpc) is 2.30. The first-order valence-corrected chi connectivity index (χ1v) is 4.13. The zero-order valence-electron chi connectivity index (χ0n) is 7.53. The van der Waals surface area contributed by atoms with Gasteiger partial charge >= 0.3 is 0 Å². The molecular weight excluding hydrogens is 170 g/mol. The number of hydrogen-bond donors (Lipinski definition) is 1. The summed E-state index contributed by atoms with van der Waals surface area (Å²) in [5.74, 6) is 0. The van der Waals surface area contributed by atoms with Crippen LogP contribution in [0.25, 0.3) is 0 Å².